The number of imidazole rings is 1. The number of phenolic OH excluding ortho intramolecular Hbond substituents is 1. The summed E-state index contributed by atoms with van der Waals surface area (Å²) in [5, 5.41) is 50.8. The molecule has 0 aliphatic heterocycles. The Morgan fingerprint density at radius 3 is 1.76 bits per heavy atom. The highest BCUT2D eigenvalue weighted by atomic mass is 16.6. The molecule has 15 nitrogen and oxygen atoms in total. The quantitative estimate of drug-likeness (QED) is 0.328. The summed E-state index contributed by atoms with van der Waals surface area (Å²) in [6, 6.07) is 13.0. The van der Waals surface area contributed by atoms with Crippen molar-refractivity contribution in [2.75, 3.05) is 0 Å². The minimum absolute atomic E-state index is 0.0857. The third kappa shape index (κ3) is 4.88. The third-order valence-corrected chi connectivity index (χ3v) is 4.40. The highest BCUT2D eigenvalue weighted by Crippen LogP contribution is 2.38. The van der Waals surface area contributed by atoms with Gasteiger partial charge in [-0.3, -0.25) is 40.5 Å². The first-order valence-electron chi connectivity index (χ1n) is 9.07. The van der Waals surface area contributed by atoms with Gasteiger partial charge in [-0.1, -0.05) is 6.07 Å². The van der Waals surface area contributed by atoms with Crippen molar-refractivity contribution >= 4 is 28.4 Å². The van der Waals surface area contributed by atoms with E-state index in [0.717, 1.165) is 16.9 Å². The van der Waals surface area contributed by atoms with Gasteiger partial charge >= 0.3 is 11.4 Å². The van der Waals surface area contributed by atoms with Crippen molar-refractivity contribution in [3.8, 4) is 17.0 Å². The monoisotopic (exact) mass is 468 g/mol. The molecule has 2 heterocycles. The Kier molecular flexibility index (Phi) is 6.38. The van der Waals surface area contributed by atoms with E-state index in [4.69, 9.17) is 5.11 Å². The van der Waals surface area contributed by atoms with Crippen LogP contribution in [0.1, 0.15) is 0 Å². The molecule has 0 aliphatic rings. The molecule has 15 heteroatoms. The van der Waals surface area contributed by atoms with Gasteiger partial charge in [-0.05, 0) is 24.3 Å². The molecular weight excluding hydrogens is 456 g/mol. The van der Waals surface area contributed by atoms with Gasteiger partial charge in [0, 0.05) is 30.1 Å². The predicted molar refractivity (Wildman–Crippen MR) is 115 cm³/mol. The second-order valence-electron chi connectivity index (χ2n) is 6.50. The number of pyridine rings is 1. The fourth-order valence-corrected chi connectivity index (χ4v) is 2.80. The minimum Gasteiger partial charge on any atom is -0.497 e. The number of aromatic hydroxyl groups is 1. The number of hydrogen-bond acceptors (Lipinski definition) is 10. The van der Waals surface area contributed by atoms with Crippen LogP contribution in [0.2, 0.25) is 0 Å². The van der Waals surface area contributed by atoms with E-state index in [1.165, 1.54) is 12.1 Å². The van der Waals surface area contributed by atoms with Crippen LogP contribution in [0.4, 0.5) is 22.7 Å². The summed E-state index contributed by atoms with van der Waals surface area (Å²) in [5.74, 6) is -1.21. The van der Waals surface area contributed by atoms with Crippen molar-refractivity contribution in [3.63, 3.8) is 0 Å². The Labute approximate surface area is 187 Å². The van der Waals surface area contributed by atoms with Crippen LogP contribution in [0.15, 0.2) is 67.0 Å². The lowest BCUT2D eigenvalue weighted by Crippen LogP contribution is -1.97. The molecule has 0 bridgehead atoms. The fraction of sp³-hybridized carbons (Fsp3) is 0. The van der Waals surface area contributed by atoms with E-state index in [1.54, 1.807) is 12.1 Å². The molecule has 2 aromatic heterocycles. The van der Waals surface area contributed by atoms with Crippen LogP contribution in [0, 0.1) is 40.5 Å². The summed E-state index contributed by atoms with van der Waals surface area (Å²) in [5.41, 5.74) is -0.397. The predicted octanol–water partition coefficient (Wildman–Crippen LogP) is 4.03. The molecule has 4 rings (SSSR count). The number of non-ortho nitro benzene ring substituents is 2. The van der Waals surface area contributed by atoms with E-state index in [-0.39, 0.29) is 5.69 Å². The van der Waals surface area contributed by atoms with E-state index in [1.807, 2.05) is 35.0 Å². The van der Waals surface area contributed by atoms with Crippen molar-refractivity contribution in [3.05, 3.63) is 107 Å². The summed E-state index contributed by atoms with van der Waals surface area (Å²) >= 11 is 0. The Hall–Kier alpha value is -5.47. The topological polar surface area (TPSA) is 210 Å². The molecule has 0 atom stereocenters. The molecule has 0 amide bonds. The van der Waals surface area contributed by atoms with Crippen LogP contribution in [-0.4, -0.2) is 34.2 Å². The molecule has 172 valence electrons. The van der Waals surface area contributed by atoms with Crippen molar-refractivity contribution in [2.45, 2.75) is 0 Å². The van der Waals surface area contributed by atoms with Gasteiger partial charge in [-0.25, -0.2) is 4.98 Å². The maximum Gasteiger partial charge on any atom is 0.324 e. The van der Waals surface area contributed by atoms with E-state index >= 15 is 0 Å². The van der Waals surface area contributed by atoms with Gasteiger partial charge in [0.15, 0.2) is 0 Å². The smallest absolute Gasteiger partial charge is 0.324 e. The zero-order valence-corrected chi connectivity index (χ0v) is 16.7. The van der Waals surface area contributed by atoms with Crippen molar-refractivity contribution in [1.29, 1.82) is 0 Å². The van der Waals surface area contributed by atoms with Crippen LogP contribution in [0.25, 0.3) is 16.9 Å². The van der Waals surface area contributed by atoms with Gasteiger partial charge < -0.3 is 9.51 Å². The largest absolute Gasteiger partial charge is 0.497 e. The number of aromatic nitrogens is 2. The first-order chi connectivity index (χ1) is 16.1. The molecule has 0 saturated carbocycles. The van der Waals surface area contributed by atoms with Crippen molar-refractivity contribution < 1.29 is 24.8 Å². The number of phenols is 1. The number of rotatable bonds is 5. The molecule has 0 fully saturated rings. The van der Waals surface area contributed by atoms with Gasteiger partial charge in [0.25, 0.3) is 17.1 Å². The Balaban J connectivity index is 0.000000192. The molecule has 0 spiro atoms. The van der Waals surface area contributed by atoms with Crippen LogP contribution < -0.4 is 0 Å². The van der Waals surface area contributed by atoms with E-state index in [2.05, 4.69) is 4.98 Å². The lowest BCUT2D eigenvalue weighted by atomic mass is 10.1. The van der Waals surface area contributed by atoms with Gasteiger partial charge in [0.2, 0.25) is 0 Å². The van der Waals surface area contributed by atoms with Crippen LogP contribution in [-0.2, 0) is 0 Å². The zero-order chi connectivity index (χ0) is 25.0. The van der Waals surface area contributed by atoms with Gasteiger partial charge in [0.05, 0.1) is 37.5 Å². The molecule has 2 aromatic carbocycles. The average molecular weight is 468 g/mol. The summed E-state index contributed by atoms with van der Waals surface area (Å²) in [7, 11) is 0. The van der Waals surface area contributed by atoms with Crippen LogP contribution in [0.3, 0.4) is 0 Å². The molecule has 0 aliphatic carbocycles. The van der Waals surface area contributed by atoms with Crippen molar-refractivity contribution in [1.82, 2.24) is 9.38 Å². The van der Waals surface area contributed by atoms with E-state index in [0.29, 0.717) is 12.1 Å². The number of nitro benzene ring substituents is 4. The summed E-state index contributed by atoms with van der Waals surface area (Å²) in [6.45, 7) is 0. The Bertz CT molecular complexity index is 1360. The second-order valence-corrected chi connectivity index (χ2v) is 6.50. The van der Waals surface area contributed by atoms with Crippen LogP contribution in [0.5, 0.6) is 5.75 Å². The van der Waals surface area contributed by atoms with Gasteiger partial charge in [-0.15, -0.1) is 0 Å². The lowest BCUT2D eigenvalue weighted by molar-refractivity contribution is -0.404. The summed E-state index contributed by atoms with van der Waals surface area (Å²) in [6.07, 6.45) is 3.81. The Morgan fingerprint density at radius 2 is 1.29 bits per heavy atom. The van der Waals surface area contributed by atoms with Crippen molar-refractivity contribution in [2.24, 2.45) is 0 Å². The second kappa shape index (κ2) is 9.35. The average Bonchev–Trinajstić information content (AvgIpc) is 3.23. The first kappa shape index (κ1) is 23.2. The van der Waals surface area contributed by atoms with E-state index < -0.39 is 42.5 Å². The third-order valence-electron chi connectivity index (χ3n) is 4.40. The minimum atomic E-state index is -1.21. The molecule has 1 N–H and O–H groups in total. The Morgan fingerprint density at radius 1 is 0.735 bits per heavy atom. The fourth-order valence-electron chi connectivity index (χ4n) is 2.80. The summed E-state index contributed by atoms with van der Waals surface area (Å²) < 4.78 is 1.91. The SMILES string of the molecule is O=[N+]([O-])c1cc([N+](=O)[O-])c(O)c([N+](=O)[O-])c1.O=[N+]([O-])c1ccc(-c2cn3ccccc3n2)cc1. The molecule has 34 heavy (non-hydrogen) atoms. The van der Waals surface area contributed by atoms with Gasteiger partial charge in [-0.2, -0.15) is 0 Å². The summed E-state index contributed by atoms with van der Waals surface area (Å²) in [4.78, 5) is 42.4. The van der Waals surface area contributed by atoms with Gasteiger partial charge in [0.1, 0.15) is 5.65 Å². The number of hydrogen-bond donors (Lipinski definition) is 1. The molecule has 0 unspecified atom stereocenters. The maximum atomic E-state index is 10.6. The lowest BCUT2D eigenvalue weighted by Gasteiger charge is -1.97. The molecule has 0 radical (unpaired) electrons. The normalized spacial score (nSPS) is 10.2. The number of nitrogens with zero attached hydrogens (tertiary/aromatic N) is 6. The highest BCUT2D eigenvalue weighted by molar-refractivity contribution is 5.65. The standard InChI is InChI=1S/C13H9N3O2.C6H3N3O7/c17-16(18)11-6-4-10(5-7-11)12-9-15-8-2-1-3-13(15)14-12;10-6-4(8(13)14)1-3(7(11)12)2-5(6)9(15)16/h1-9H;1-2,10H. The zero-order valence-electron chi connectivity index (χ0n) is 16.7. The highest BCUT2D eigenvalue weighted by Gasteiger charge is 2.30. The molecular formula is C19H12N6O9. The number of nitro groups is 4. The molecule has 0 saturated heterocycles. The van der Waals surface area contributed by atoms with Crippen LogP contribution >= 0.6 is 0 Å². The first-order valence-corrected chi connectivity index (χ1v) is 9.07. The number of benzene rings is 2. The van der Waals surface area contributed by atoms with E-state index in [9.17, 15) is 40.5 Å². The maximum absolute atomic E-state index is 10.6. The number of fused-ring (bicyclic) bond motifs is 1. The molecule has 4 aromatic rings.